The van der Waals surface area contributed by atoms with Crippen LogP contribution in [-0.4, -0.2) is 5.78 Å². The average molecular weight is 242 g/mol. The molecular formula is C17H22O. The summed E-state index contributed by atoms with van der Waals surface area (Å²) in [5.41, 5.74) is 0.405. The van der Waals surface area contributed by atoms with Crippen LogP contribution in [0.3, 0.4) is 0 Å². The molecule has 4 fully saturated rings. The lowest BCUT2D eigenvalue weighted by Gasteiger charge is -2.65. The van der Waals surface area contributed by atoms with Crippen LogP contribution in [0.15, 0.2) is 24.3 Å². The molecule has 1 spiro atoms. The van der Waals surface area contributed by atoms with Crippen LogP contribution in [0, 0.1) is 34.5 Å². The molecule has 96 valence electrons. The van der Waals surface area contributed by atoms with E-state index in [9.17, 15) is 4.79 Å². The first kappa shape index (κ1) is 11.0. The lowest BCUT2D eigenvalue weighted by Crippen LogP contribution is -2.63. The molecule has 4 saturated carbocycles. The Kier molecular flexibility index (Phi) is 1.95. The third-order valence-electron chi connectivity index (χ3n) is 6.70. The zero-order valence-electron chi connectivity index (χ0n) is 11.4. The van der Waals surface area contributed by atoms with Crippen molar-refractivity contribution in [2.75, 3.05) is 0 Å². The number of fused-ring (bicyclic) bond motifs is 3. The van der Waals surface area contributed by atoms with E-state index in [-0.39, 0.29) is 5.41 Å². The Morgan fingerprint density at radius 1 is 1.17 bits per heavy atom. The molecule has 1 heteroatoms. The molecule has 0 radical (unpaired) electrons. The van der Waals surface area contributed by atoms with Gasteiger partial charge in [0.1, 0.15) is 5.78 Å². The molecule has 0 aromatic heterocycles. The van der Waals surface area contributed by atoms with Crippen LogP contribution in [0.2, 0.25) is 0 Å². The number of rotatable bonds is 0. The zero-order chi connectivity index (χ0) is 12.5. The van der Waals surface area contributed by atoms with E-state index in [1.807, 2.05) is 0 Å². The second-order valence-corrected chi connectivity index (χ2v) is 7.55. The molecule has 0 aliphatic heterocycles. The van der Waals surface area contributed by atoms with E-state index in [1.165, 1.54) is 12.8 Å². The Morgan fingerprint density at radius 2 is 1.94 bits per heavy atom. The van der Waals surface area contributed by atoms with Gasteiger partial charge in [-0.3, -0.25) is 4.79 Å². The summed E-state index contributed by atoms with van der Waals surface area (Å²) in [4.78, 5) is 12.7. The van der Waals surface area contributed by atoms with Gasteiger partial charge in [-0.2, -0.15) is 0 Å². The molecule has 5 rings (SSSR count). The number of Topliss-reactive ketones (excluding diaryl/α,β-unsaturated/α-hetero) is 1. The summed E-state index contributed by atoms with van der Waals surface area (Å²) in [5.74, 6) is 3.05. The van der Waals surface area contributed by atoms with Crippen molar-refractivity contribution in [1.29, 1.82) is 0 Å². The highest BCUT2D eigenvalue weighted by atomic mass is 16.1. The van der Waals surface area contributed by atoms with Crippen LogP contribution in [0.4, 0.5) is 0 Å². The maximum Gasteiger partial charge on any atom is 0.140 e. The molecule has 0 aromatic rings. The Morgan fingerprint density at radius 3 is 2.72 bits per heavy atom. The second-order valence-electron chi connectivity index (χ2n) is 7.55. The lowest BCUT2D eigenvalue weighted by atomic mass is 9.38. The van der Waals surface area contributed by atoms with Gasteiger partial charge in [0.05, 0.1) is 0 Å². The number of allylic oxidation sites excluding steroid dienone is 4. The van der Waals surface area contributed by atoms with Crippen molar-refractivity contribution in [3.63, 3.8) is 0 Å². The van der Waals surface area contributed by atoms with Crippen molar-refractivity contribution in [1.82, 2.24) is 0 Å². The molecule has 0 aromatic carbocycles. The first-order valence-electron chi connectivity index (χ1n) is 7.43. The molecule has 0 saturated heterocycles. The SMILES string of the molecule is CC1(C)[C@H]2CC(=O)[C@]3(C[C@H]4C=CC=C[C@@H]3C4)[C@@H]1C2. The molecule has 4 bridgehead atoms. The predicted octanol–water partition coefficient (Wildman–Crippen LogP) is 3.76. The molecule has 0 unspecified atom stereocenters. The minimum absolute atomic E-state index is 0.00414. The molecule has 1 nitrogen and oxygen atoms in total. The molecule has 0 N–H and O–H groups in total. The van der Waals surface area contributed by atoms with Crippen LogP contribution in [-0.2, 0) is 4.79 Å². The van der Waals surface area contributed by atoms with E-state index >= 15 is 0 Å². The minimum Gasteiger partial charge on any atom is -0.299 e. The first-order valence-corrected chi connectivity index (χ1v) is 7.43. The first-order chi connectivity index (χ1) is 8.55. The van der Waals surface area contributed by atoms with Gasteiger partial charge in [0.25, 0.3) is 0 Å². The number of hydrogen-bond donors (Lipinski definition) is 0. The summed E-state index contributed by atoms with van der Waals surface area (Å²) in [6.45, 7) is 4.80. The molecule has 5 aliphatic carbocycles. The summed E-state index contributed by atoms with van der Waals surface area (Å²) in [5, 5.41) is 0. The standard InChI is InChI=1S/C17H22O/c1-16(2)13-8-14(16)17(15(18)9-13)10-11-5-3-4-6-12(17)7-11/h3-6,11-14H,7-10H2,1-2H3/t11-,12+,13+,14+,17-/m0/s1. The van der Waals surface area contributed by atoms with Gasteiger partial charge >= 0.3 is 0 Å². The normalized spacial score (nSPS) is 51.3. The van der Waals surface area contributed by atoms with Gasteiger partial charge in [-0.1, -0.05) is 38.2 Å². The number of hydrogen-bond acceptors (Lipinski definition) is 1. The number of ketones is 1. The summed E-state index contributed by atoms with van der Waals surface area (Å²) >= 11 is 0. The van der Waals surface area contributed by atoms with Crippen molar-refractivity contribution in [2.45, 2.75) is 39.5 Å². The van der Waals surface area contributed by atoms with E-state index in [4.69, 9.17) is 0 Å². The highest BCUT2D eigenvalue weighted by Crippen LogP contribution is 2.71. The van der Waals surface area contributed by atoms with Gasteiger partial charge in [-0.25, -0.2) is 0 Å². The fraction of sp³-hybridized carbons (Fsp3) is 0.706. The number of carbonyl (C=O) groups is 1. The fourth-order valence-electron chi connectivity index (χ4n) is 5.59. The van der Waals surface area contributed by atoms with Crippen LogP contribution < -0.4 is 0 Å². The van der Waals surface area contributed by atoms with Gasteiger partial charge in [-0.05, 0) is 48.3 Å². The molecule has 5 atom stereocenters. The minimum atomic E-state index is 0.00414. The molecule has 0 heterocycles. The van der Waals surface area contributed by atoms with Gasteiger partial charge in [0.2, 0.25) is 0 Å². The van der Waals surface area contributed by atoms with Crippen LogP contribution >= 0.6 is 0 Å². The Bertz CT molecular complexity index is 470. The Labute approximate surface area is 109 Å². The van der Waals surface area contributed by atoms with E-state index in [2.05, 4.69) is 38.2 Å². The zero-order valence-corrected chi connectivity index (χ0v) is 11.4. The van der Waals surface area contributed by atoms with E-state index in [0.717, 1.165) is 12.8 Å². The van der Waals surface area contributed by atoms with Crippen LogP contribution in [0.25, 0.3) is 0 Å². The van der Waals surface area contributed by atoms with Gasteiger partial charge in [0.15, 0.2) is 0 Å². The Balaban J connectivity index is 1.80. The highest BCUT2D eigenvalue weighted by Gasteiger charge is 2.68. The molecular weight excluding hydrogens is 220 g/mol. The fourth-order valence-corrected chi connectivity index (χ4v) is 5.59. The summed E-state index contributed by atoms with van der Waals surface area (Å²) in [6.07, 6.45) is 13.5. The largest absolute Gasteiger partial charge is 0.299 e. The quantitative estimate of drug-likeness (QED) is 0.632. The van der Waals surface area contributed by atoms with Crippen molar-refractivity contribution in [3.8, 4) is 0 Å². The Hall–Kier alpha value is -0.850. The monoisotopic (exact) mass is 242 g/mol. The molecule has 0 amide bonds. The predicted molar refractivity (Wildman–Crippen MR) is 71.9 cm³/mol. The molecule has 5 aliphatic rings. The third-order valence-corrected chi connectivity index (χ3v) is 6.70. The smallest absolute Gasteiger partial charge is 0.140 e. The van der Waals surface area contributed by atoms with E-state index in [0.29, 0.717) is 34.9 Å². The highest BCUT2D eigenvalue weighted by molar-refractivity contribution is 5.89. The summed E-state index contributed by atoms with van der Waals surface area (Å²) in [6, 6.07) is 0. The van der Waals surface area contributed by atoms with E-state index < -0.39 is 0 Å². The van der Waals surface area contributed by atoms with Crippen molar-refractivity contribution in [2.24, 2.45) is 34.5 Å². The average Bonchev–Trinajstić information content (AvgIpc) is 2.50. The van der Waals surface area contributed by atoms with Crippen LogP contribution in [0.5, 0.6) is 0 Å². The topological polar surface area (TPSA) is 17.1 Å². The maximum atomic E-state index is 12.7. The van der Waals surface area contributed by atoms with Crippen molar-refractivity contribution < 1.29 is 4.79 Å². The van der Waals surface area contributed by atoms with Gasteiger partial charge in [-0.15, -0.1) is 0 Å². The summed E-state index contributed by atoms with van der Waals surface area (Å²) < 4.78 is 0. The number of carbonyl (C=O) groups excluding carboxylic acids is 1. The van der Waals surface area contributed by atoms with Gasteiger partial charge < -0.3 is 0 Å². The van der Waals surface area contributed by atoms with E-state index in [1.54, 1.807) is 0 Å². The van der Waals surface area contributed by atoms with Crippen LogP contribution in [0.1, 0.15) is 39.5 Å². The molecule has 18 heavy (non-hydrogen) atoms. The third kappa shape index (κ3) is 1.07. The van der Waals surface area contributed by atoms with Crippen molar-refractivity contribution in [3.05, 3.63) is 24.3 Å². The van der Waals surface area contributed by atoms with Gasteiger partial charge in [0, 0.05) is 11.8 Å². The van der Waals surface area contributed by atoms with Crippen molar-refractivity contribution >= 4 is 5.78 Å². The lowest BCUT2D eigenvalue weighted by molar-refractivity contribution is -0.181. The summed E-state index contributed by atoms with van der Waals surface area (Å²) in [7, 11) is 0. The second kappa shape index (κ2) is 3.18. The maximum absolute atomic E-state index is 12.7.